The number of methoxy groups -OCH3 is 1. The van der Waals surface area contributed by atoms with Gasteiger partial charge in [0.1, 0.15) is 0 Å². The van der Waals surface area contributed by atoms with Crippen molar-refractivity contribution in [2.24, 2.45) is 0 Å². The second kappa shape index (κ2) is 7.19. The van der Waals surface area contributed by atoms with Crippen molar-refractivity contribution in [2.75, 3.05) is 7.11 Å². The van der Waals surface area contributed by atoms with Crippen molar-refractivity contribution < 1.29 is 14.3 Å². The van der Waals surface area contributed by atoms with E-state index in [0.717, 1.165) is 5.56 Å². The number of ether oxygens (including phenoxy) is 1. The molecule has 1 unspecified atom stereocenters. The third kappa shape index (κ3) is 4.14. The smallest absolute Gasteiger partial charge is 0.307 e. The van der Waals surface area contributed by atoms with Gasteiger partial charge in [-0.15, -0.1) is 0 Å². The molecule has 5 nitrogen and oxygen atoms in total. The molecule has 21 heavy (non-hydrogen) atoms. The first-order valence-electron chi connectivity index (χ1n) is 6.53. The summed E-state index contributed by atoms with van der Waals surface area (Å²) in [6.07, 6.45) is 3.18. The lowest BCUT2D eigenvalue weighted by Crippen LogP contribution is -2.30. The Balaban J connectivity index is 2.16. The molecule has 0 spiro atoms. The van der Waals surface area contributed by atoms with E-state index in [0.29, 0.717) is 5.56 Å². The van der Waals surface area contributed by atoms with Crippen molar-refractivity contribution in [3.05, 3.63) is 66.0 Å². The summed E-state index contributed by atoms with van der Waals surface area (Å²) in [5, 5.41) is 2.85. The first-order valence-corrected chi connectivity index (χ1v) is 6.53. The van der Waals surface area contributed by atoms with Gasteiger partial charge in [0.2, 0.25) is 0 Å². The summed E-state index contributed by atoms with van der Waals surface area (Å²) < 4.78 is 4.69. The number of amides is 1. The zero-order chi connectivity index (χ0) is 15.1. The number of aromatic nitrogens is 1. The van der Waals surface area contributed by atoms with E-state index in [9.17, 15) is 9.59 Å². The van der Waals surface area contributed by atoms with E-state index in [1.165, 1.54) is 7.11 Å². The van der Waals surface area contributed by atoms with E-state index in [1.54, 1.807) is 24.5 Å². The Morgan fingerprint density at radius 2 is 1.81 bits per heavy atom. The molecular weight excluding hydrogens is 268 g/mol. The predicted molar refractivity (Wildman–Crippen MR) is 77.5 cm³/mol. The van der Waals surface area contributed by atoms with Crippen LogP contribution in [0.4, 0.5) is 0 Å². The van der Waals surface area contributed by atoms with Crippen LogP contribution >= 0.6 is 0 Å². The van der Waals surface area contributed by atoms with Gasteiger partial charge in [0.15, 0.2) is 0 Å². The molecular formula is C16H16N2O3. The lowest BCUT2D eigenvalue weighted by molar-refractivity contribution is -0.141. The van der Waals surface area contributed by atoms with Gasteiger partial charge in [0.05, 0.1) is 19.6 Å². The number of nitrogens with zero attached hydrogens (tertiary/aromatic N) is 1. The molecule has 1 heterocycles. The van der Waals surface area contributed by atoms with Crippen LogP contribution in [0.25, 0.3) is 0 Å². The molecule has 0 bridgehead atoms. The maximum absolute atomic E-state index is 12.2. The van der Waals surface area contributed by atoms with E-state index in [-0.39, 0.29) is 18.3 Å². The Kier molecular flexibility index (Phi) is 5.04. The normalized spacial score (nSPS) is 11.5. The average molecular weight is 284 g/mol. The van der Waals surface area contributed by atoms with Crippen LogP contribution in [-0.2, 0) is 9.53 Å². The molecule has 2 rings (SSSR count). The standard InChI is InChI=1S/C16H16N2O3/c1-21-15(19)11-14(12-5-3-2-4-6-12)18-16(20)13-7-9-17-10-8-13/h2-10,14H,11H2,1H3,(H,18,20). The summed E-state index contributed by atoms with van der Waals surface area (Å²) in [4.78, 5) is 27.6. The van der Waals surface area contributed by atoms with Crippen LogP contribution in [0.3, 0.4) is 0 Å². The molecule has 0 saturated carbocycles. The first-order chi connectivity index (χ1) is 10.2. The summed E-state index contributed by atoms with van der Waals surface area (Å²) in [5.74, 6) is -0.631. The zero-order valence-corrected chi connectivity index (χ0v) is 11.7. The van der Waals surface area contributed by atoms with Gasteiger partial charge in [-0.1, -0.05) is 30.3 Å². The highest BCUT2D eigenvalue weighted by Gasteiger charge is 2.19. The number of carbonyl (C=O) groups is 2. The van der Waals surface area contributed by atoms with E-state index in [1.807, 2.05) is 30.3 Å². The number of benzene rings is 1. The highest BCUT2D eigenvalue weighted by atomic mass is 16.5. The number of pyridine rings is 1. The van der Waals surface area contributed by atoms with Crippen LogP contribution in [0, 0.1) is 0 Å². The predicted octanol–water partition coefficient (Wildman–Crippen LogP) is 2.12. The van der Waals surface area contributed by atoms with Crippen molar-refractivity contribution in [3.63, 3.8) is 0 Å². The van der Waals surface area contributed by atoms with Crippen LogP contribution in [0.2, 0.25) is 0 Å². The highest BCUT2D eigenvalue weighted by molar-refractivity contribution is 5.94. The van der Waals surface area contributed by atoms with Crippen molar-refractivity contribution in [1.29, 1.82) is 0 Å². The number of esters is 1. The molecule has 108 valence electrons. The third-order valence-electron chi connectivity index (χ3n) is 3.05. The van der Waals surface area contributed by atoms with Gasteiger partial charge in [-0.2, -0.15) is 0 Å². The highest BCUT2D eigenvalue weighted by Crippen LogP contribution is 2.17. The van der Waals surface area contributed by atoms with Crippen molar-refractivity contribution >= 4 is 11.9 Å². The second-order valence-corrected chi connectivity index (χ2v) is 4.45. The molecule has 0 saturated heterocycles. The number of hydrogen-bond donors (Lipinski definition) is 1. The van der Waals surface area contributed by atoms with Crippen LogP contribution in [-0.4, -0.2) is 24.0 Å². The summed E-state index contributed by atoms with van der Waals surface area (Å²) in [5.41, 5.74) is 1.35. The van der Waals surface area contributed by atoms with Crippen molar-refractivity contribution in [3.8, 4) is 0 Å². The van der Waals surface area contributed by atoms with Gasteiger partial charge in [-0.05, 0) is 17.7 Å². The molecule has 0 aliphatic carbocycles. The van der Waals surface area contributed by atoms with Gasteiger partial charge in [0, 0.05) is 18.0 Å². The molecule has 0 aliphatic heterocycles. The van der Waals surface area contributed by atoms with Gasteiger partial charge >= 0.3 is 5.97 Å². The van der Waals surface area contributed by atoms with Gasteiger partial charge in [-0.25, -0.2) is 0 Å². The monoisotopic (exact) mass is 284 g/mol. The van der Waals surface area contributed by atoms with E-state index >= 15 is 0 Å². The van der Waals surface area contributed by atoms with Crippen molar-refractivity contribution in [2.45, 2.75) is 12.5 Å². The quantitative estimate of drug-likeness (QED) is 0.854. The fraction of sp³-hybridized carbons (Fsp3) is 0.188. The summed E-state index contributed by atoms with van der Waals surface area (Å²) >= 11 is 0. The molecule has 1 aromatic carbocycles. The molecule has 1 amide bonds. The first kappa shape index (κ1) is 14.7. The zero-order valence-electron chi connectivity index (χ0n) is 11.7. The fourth-order valence-electron chi connectivity index (χ4n) is 1.93. The number of nitrogens with one attached hydrogen (secondary N) is 1. The van der Waals surface area contributed by atoms with Crippen LogP contribution in [0.15, 0.2) is 54.9 Å². The summed E-state index contributed by atoms with van der Waals surface area (Å²) in [6.45, 7) is 0. The summed E-state index contributed by atoms with van der Waals surface area (Å²) in [7, 11) is 1.33. The average Bonchev–Trinajstić information content (AvgIpc) is 2.55. The number of hydrogen-bond acceptors (Lipinski definition) is 4. The van der Waals surface area contributed by atoms with E-state index < -0.39 is 6.04 Å². The van der Waals surface area contributed by atoms with Crippen LogP contribution in [0.5, 0.6) is 0 Å². The minimum absolute atomic E-state index is 0.0807. The molecule has 5 heteroatoms. The Morgan fingerprint density at radius 1 is 1.14 bits per heavy atom. The van der Waals surface area contributed by atoms with Crippen LogP contribution in [0.1, 0.15) is 28.4 Å². The van der Waals surface area contributed by atoms with Crippen LogP contribution < -0.4 is 5.32 Å². The molecule has 0 radical (unpaired) electrons. The number of rotatable bonds is 5. The molecule has 0 aliphatic rings. The Morgan fingerprint density at radius 3 is 2.43 bits per heavy atom. The Hall–Kier alpha value is -2.69. The largest absolute Gasteiger partial charge is 0.469 e. The Bertz CT molecular complexity index is 599. The molecule has 1 aromatic heterocycles. The minimum Gasteiger partial charge on any atom is -0.469 e. The maximum atomic E-state index is 12.2. The van der Waals surface area contributed by atoms with Gasteiger partial charge in [0.25, 0.3) is 5.91 Å². The molecule has 2 aromatic rings. The fourth-order valence-corrected chi connectivity index (χ4v) is 1.93. The maximum Gasteiger partial charge on any atom is 0.307 e. The molecule has 0 fully saturated rings. The lowest BCUT2D eigenvalue weighted by Gasteiger charge is -2.18. The lowest BCUT2D eigenvalue weighted by atomic mass is 10.0. The van der Waals surface area contributed by atoms with E-state index in [2.05, 4.69) is 15.0 Å². The minimum atomic E-state index is -0.431. The second-order valence-electron chi connectivity index (χ2n) is 4.45. The number of carbonyl (C=O) groups excluding carboxylic acids is 2. The molecule has 1 atom stereocenters. The van der Waals surface area contributed by atoms with Crippen molar-refractivity contribution in [1.82, 2.24) is 10.3 Å². The topological polar surface area (TPSA) is 68.3 Å². The Labute approximate surface area is 123 Å². The third-order valence-corrected chi connectivity index (χ3v) is 3.05. The van der Waals surface area contributed by atoms with Gasteiger partial charge < -0.3 is 10.1 Å². The van der Waals surface area contributed by atoms with Gasteiger partial charge in [-0.3, -0.25) is 14.6 Å². The SMILES string of the molecule is COC(=O)CC(NC(=O)c1ccncc1)c1ccccc1. The summed E-state index contributed by atoms with van der Waals surface area (Å²) in [6, 6.07) is 12.1. The molecule has 1 N–H and O–H groups in total. The van der Waals surface area contributed by atoms with E-state index in [4.69, 9.17) is 0 Å².